The van der Waals surface area contributed by atoms with Crippen LogP contribution >= 0.6 is 34.9 Å². The Hall–Kier alpha value is -1.45. The third-order valence-corrected chi connectivity index (χ3v) is 7.24. The van der Waals surface area contributed by atoms with Gasteiger partial charge in [-0.1, -0.05) is 41.8 Å². The summed E-state index contributed by atoms with van der Waals surface area (Å²) in [6, 6.07) is 5.55. The van der Waals surface area contributed by atoms with Crippen molar-refractivity contribution in [1.29, 1.82) is 0 Å². The van der Waals surface area contributed by atoms with E-state index in [4.69, 9.17) is 9.47 Å². The van der Waals surface area contributed by atoms with Crippen molar-refractivity contribution in [1.82, 2.24) is 10.2 Å². The van der Waals surface area contributed by atoms with Crippen molar-refractivity contribution in [2.24, 2.45) is 0 Å². The molecule has 0 radical (unpaired) electrons. The molecule has 0 saturated heterocycles. The van der Waals surface area contributed by atoms with Gasteiger partial charge in [0.1, 0.15) is 0 Å². The van der Waals surface area contributed by atoms with Gasteiger partial charge in [0.2, 0.25) is 5.91 Å². The summed E-state index contributed by atoms with van der Waals surface area (Å²) in [5.41, 5.74) is 0.715. The number of ether oxygens (including phenoxy) is 2. The van der Waals surface area contributed by atoms with E-state index in [1.165, 1.54) is 23.1 Å². The Morgan fingerprint density at radius 3 is 2.69 bits per heavy atom. The van der Waals surface area contributed by atoms with Crippen LogP contribution in [-0.2, 0) is 4.79 Å². The molecule has 1 N–H and O–H groups in total. The number of nitrogens with zero attached hydrogens (tertiary/aromatic N) is 2. The van der Waals surface area contributed by atoms with Gasteiger partial charge >= 0.3 is 0 Å². The first-order valence-corrected chi connectivity index (χ1v) is 11.4. The Balaban J connectivity index is 1.32. The van der Waals surface area contributed by atoms with E-state index >= 15 is 0 Å². The molecular formula is C17H19N3O3S3. The van der Waals surface area contributed by atoms with Gasteiger partial charge in [-0.05, 0) is 30.7 Å². The number of carbonyl (C=O) groups is 1. The van der Waals surface area contributed by atoms with E-state index in [9.17, 15) is 4.79 Å². The summed E-state index contributed by atoms with van der Waals surface area (Å²) in [6.07, 6.45) is 4.08. The first kappa shape index (κ1) is 17.9. The molecule has 1 aliphatic heterocycles. The lowest BCUT2D eigenvalue weighted by Crippen LogP contribution is -2.34. The lowest BCUT2D eigenvalue weighted by atomic mass is 10.2. The maximum absolute atomic E-state index is 12.2. The van der Waals surface area contributed by atoms with Gasteiger partial charge in [0.05, 0.1) is 5.75 Å². The van der Waals surface area contributed by atoms with Gasteiger partial charge in [0.15, 0.2) is 20.2 Å². The Bertz CT molecular complexity index is 806. The summed E-state index contributed by atoms with van der Waals surface area (Å²) in [7, 11) is 0. The molecule has 0 unspecified atom stereocenters. The molecule has 1 aromatic heterocycles. The zero-order chi connectivity index (χ0) is 18.0. The van der Waals surface area contributed by atoms with Crippen molar-refractivity contribution in [3.8, 4) is 11.5 Å². The molecule has 1 amide bonds. The second-order valence-corrected chi connectivity index (χ2v) is 9.80. The minimum absolute atomic E-state index is 0.0793. The van der Waals surface area contributed by atoms with Crippen molar-refractivity contribution in [3.63, 3.8) is 0 Å². The SMILES string of the molecule is CCSc1nnc(SCC(=O)Nc2ccc3c(c2)OC2(CCCC2)O3)s1. The number of hydrogen-bond donors (Lipinski definition) is 1. The van der Waals surface area contributed by atoms with Crippen LogP contribution in [-0.4, -0.2) is 33.4 Å². The molecule has 26 heavy (non-hydrogen) atoms. The lowest BCUT2D eigenvalue weighted by Gasteiger charge is -2.21. The number of aromatic nitrogens is 2. The van der Waals surface area contributed by atoms with Crippen LogP contribution < -0.4 is 14.8 Å². The average molecular weight is 410 g/mol. The van der Waals surface area contributed by atoms with Crippen LogP contribution in [0.1, 0.15) is 32.6 Å². The molecule has 6 nitrogen and oxygen atoms in total. The van der Waals surface area contributed by atoms with Crippen molar-refractivity contribution in [2.75, 3.05) is 16.8 Å². The van der Waals surface area contributed by atoms with Crippen LogP contribution in [0.25, 0.3) is 0 Å². The number of carbonyl (C=O) groups excluding carboxylic acids is 1. The van der Waals surface area contributed by atoms with Gasteiger partial charge in [-0.25, -0.2) is 0 Å². The highest BCUT2D eigenvalue weighted by atomic mass is 32.2. The van der Waals surface area contributed by atoms with Crippen molar-refractivity contribution < 1.29 is 14.3 Å². The zero-order valence-corrected chi connectivity index (χ0v) is 16.8. The number of hydrogen-bond acceptors (Lipinski definition) is 8. The topological polar surface area (TPSA) is 73.3 Å². The van der Waals surface area contributed by atoms with Crippen molar-refractivity contribution in [3.05, 3.63) is 18.2 Å². The molecule has 0 bridgehead atoms. The number of benzene rings is 1. The summed E-state index contributed by atoms with van der Waals surface area (Å²) in [5.74, 6) is 2.17. The number of rotatable bonds is 6. The van der Waals surface area contributed by atoms with Crippen molar-refractivity contribution >= 4 is 46.5 Å². The molecule has 1 saturated carbocycles. The van der Waals surface area contributed by atoms with Gasteiger partial charge in [0.25, 0.3) is 5.79 Å². The summed E-state index contributed by atoms with van der Waals surface area (Å²) in [5, 5.41) is 11.1. The molecule has 1 aromatic carbocycles. The second kappa shape index (κ2) is 7.66. The van der Waals surface area contributed by atoms with Crippen LogP contribution in [0.5, 0.6) is 11.5 Å². The minimum Gasteiger partial charge on any atom is -0.448 e. The van der Waals surface area contributed by atoms with Crippen LogP contribution in [0.2, 0.25) is 0 Å². The normalized spacial score (nSPS) is 17.0. The molecular weight excluding hydrogens is 390 g/mol. The molecule has 1 fully saturated rings. The van der Waals surface area contributed by atoms with Crippen LogP contribution in [0, 0.1) is 0 Å². The maximum atomic E-state index is 12.2. The zero-order valence-electron chi connectivity index (χ0n) is 14.3. The van der Waals surface area contributed by atoms with Crippen LogP contribution in [0.15, 0.2) is 26.9 Å². The molecule has 2 aliphatic rings. The van der Waals surface area contributed by atoms with Gasteiger partial charge in [-0.3, -0.25) is 4.79 Å². The third-order valence-electron chi connectivity index (χ3n) is 4.17. The number of thioether (sulfide) groups is 2. The Morgan fingerprint density at radius 2 is 1.92 bits per heavy atom. The second-order valence-electron chi connectivity index (χ2n) is 6.09. The van der Waals surface area contributed by atoms with E-state index in [-0.39, 0.29) is 5.91 Å². The highest BCUT2D eigenvalue weighted by Crippen LogP contribution is 2.47. The summed E-state index contributed by atoms with van der Waals surface area (Å²) in [4.78, 5) is 12.2. The molecule has 9 heteroatoms. The first-order valence-electron chi connectivity index (χ1n) is 8.57. The lowest BCUT2D eigenvalue weighted by molar-refractivity contribution is -0.113. The van der Waals surface area contributed by atoms with E-state index < -0.39 is 5.79 Å². The number of amides is 1. The third kappa shape index (κ3) is 3.94. The monoisotopic (exact) mass is 409 g/mol. The predicted molar refractivity (Wildman–Crippen MR) is 105 cm³/mol. The highest BCUT2D eigenvalue weighted by Gasteiger charge is 2.44. The fraction of sp³-hybridized carbons (Fsp3) is 0.471. The molecule has 4 rings (SSSR count). The molecule has 2 aromatic rings. The van der Waals surface area contributed by atoms with E-state index in [2.05, 4.69) is 22.4 Å². The molecule has 1 aliphatic carbocycles. The smallest absolute Gasteiger partial charge is 0.251 e. The van der Waals surface area contributed by atoms with Crippen LogP contribution in [0.3, 0.4) is 0 Å². The first-order chi connectivity index (χ1) is 12.7. The van der Waals surface area contributed by atoms with Crippen molar-refractivity contribution in [2.45, 2.75) is 47.1 Å². The predicted octanol–water partition coefficient (Wildman–Crippen LogP) is 4.42. The number of fused-ring (bicyclic) bond motifs is 1. The minimum atomic E-state index is -0.479. The molecule has 0 atom stereocenters. The number of nitrogens with one attached hydrogen (secondary N) is 1. The fourth-order valence-corrected chi connectivity index (χ4v) is 5.77. The van der Waals surface area contributed by atoms with E-state index in [1.54, 1.807) is 11.8 Å². The Kier molecular flexibility index (Phi) is 5.28. The molecule has 2 heterocycles. The van der Waals surface area contributed by atoms with E-state index in [1.807, 2.05) is 18.2 Å². The fourth-order valence-electron chi connectivity index (χ4n) is 3.05. The standard InChI is InChI=1S/C17H19N3O3S3/c1-2-24-15-19-20-16(26-15)25-10-14(21)18-11-5-6-12-13(9-11)23-17(22-12)7-3-4-8-17/h5-6,9H,2-4,7-8,10H2,1H3,(H,18,21). The van der Waals surface area contributed by atoms with Gasteiger partial charge in [-0.15, -0.1) is 10.2 Å². The average Bonchev–Trinajstić information content (AvgIpc) is 3.34. The van der Waals surface area contributed by atoms with E-state index in [0.717, 1.165) is 45.9 Å². The summed E-state index contributed by atoms with van der Waals surface area (Å²) < 4.78 is 13.8. The van der Waals surface area contributed by atoms with E-state index in [0.29, 0.717) is 17.2 Å². The van der Waals surface area contributed by atoms with Gasteiger partial charge in [0, 0.05) is 24.6 Å². The highest BCUT2D eigenvalue weighted by molar-refractivity contribution is 8.03. The van der Waals surface area contributed by atoms with Gasteiger partial charge in [-0.2, -0.15) is 0 Å². The molecule has 138 valence electrons. The molecule has 1 spiro atoms. The summed E-state index contributed by atoms with van der Waals surface area (Å²) in [6.45, 7) is 2.08. The Labute approximate surface area is 164 Å². The number of anilines is 1. The maximum Gasteiger partial charge on any atom is 0.251 e. The van der Waals surface area contributed by atoms with Gasteiger partial charge < -0.3 is 14.8 Å². The summed E-state index contributed by atoms with van der Waals surface area (Å²) >= 11 is 4.58. The van der Waals surface area contributed by atoms with Crippen LogP contribution in [0.4, 0.5) is 5.69 Å². The Morgan fingerprint density at radius 1 is 1.19 bits per heavy atom. The quantitative estimate of drug-likeness (QED) is 0.708. The largest absolute Gasteiger partial charge is 0.448 e.